The van der Waals surface area contributed by atoms with Gasteiger partial charge in [0, 0.05) is 22.9 Å². The first-order valence-electron chi connectivity index (χ1n) is 6.92. The van der Waals surface area contributed by atoms with Crippen molar-refractivity contribution >= 4 is 23.4 Å². The van der Waals surface area contributed by atoms with Crippen molar-refractivity contribution in [3.63, 3.8) is 0 Å². The topological polar surface area (TPSA) is 61.4 Å². The van der Waals surface area contributed by atoms with Crippen molar-refractivity contribution in [3.8, 4) is 11.4 Å². The molecule has 0 amide bonds. The Labute approximate surface area is 137 Å². The smallest absolute Gasteiger partial charge is 0.191 e. The quantitative estimate of drug-likeness (QED) is 0.648. The predicted molar refractivity (Wildman–Crippen MR) is 86.9 cm³/mol. The number of hydrogen-bond donors (Lipinski definition) is 0. The van der Waals surface area contributed by atoms with Crippen LogP contribution >= 0.6 is 23.4 Å². The normalized spacial score (nSPS) is 11.0. The number of nitrogens with zero attached hydrogens (tertiary/aromatic N) is 6. The average molecular weight is 335 g/mol. The Balaban J connectivity index is 1.74. The maximum Gasteiger partial charge on any atom is 0.191 e. The Hall–Kier alpha value is -1.86. The van der Waals surface area contributed by atoms with Crippen molar-refractivity contribution < 1.29 is 0 Å². The maximum absolute atomic E-state index is 5.94. The highest BCUT2D eigenvalue weighted by atomic mass is 35.5. The maximum atomic E-state index is 5.94. The van der Waals surface area contributed by atoms with Crippen molar-refractivity contribution in [3.05, 3.63) is 41.9 Å². The minimum Gasteiger partial charge on any atom is -0.302 e. The monoisotopic (exact) mass is 334 g/mol. The summed E-state index contributed by atoms with van der Waals surface area (Å²) in [6.07, 6.45) is 3.25. The van der Waals surface area contributed by atoms with Crippen LogP contribution in [0.3, 0.4) is 0 Å². The van der Waals surface area contributed by atoms with E-state index in [1.54, 1.807) is 22.8 Å². The molecule has 3 rings (SSSR count). The van der Waals surface area contributed by atoms with Gasteiger partial charge in [0.05, 0.1) is 6.54 Å². The lowest BCUT2D eigenvalue weighted by Crippen LogP contribution is -2.03. The summed E-state index contributed by atoms with van der Waals surface area (Å²) in [6.45, 7) is 3.69. The molecule has 0 atom stereocenters. The summed E-state index contributed by atoms with van der Waals surface area (Å²) in [5.74, 6) is 1.73. The van der Waals surface area contributed by atoms with Crippen LogP contribution in [0.4, 0.5) is 0 Å². The number of benzene rings is 1. The molecule has 8 heteroatoms. The average Bonchev–Trinajstić information content (AvgIpc) is 3.17. The van der Waals surface area contributed by atoms with Crippen molar-refractivity contribution in [1.29, 1.82) is 0 Å². The van der Waals surface area contributed by atoms with Crippen molar-refractivity contribution in [2.75, 3.05) is 5.75 Å². The molecule has 6 nitrogen and oxygen atoms in total. The second kappa shape index (κ2) is 6.93. The summed E-state index contributed by atoms with van der Waals surface area (Å²) in [5, 5.41) is 14.3. The second-order valence-corrected chi connectivity index (χ2v) is 6.06. The molecule has 0 aliphatic carbocycles. The Morgan fingerprint density at radius 2 is 2.00 bits per heavy atom. The van der Waals surface area contributed by atoms with Crippen LogP contribution < -0.4 is 0 Å². The molecule has 2 aromatic heterocycles. The zero-order chi connectivity index (χ0) is 15.4. The molecule has 0 fully saturated rings. The van der Waals surface area contributed by atoms with E-state index >= 15 is 0 Å². The van der Waals surface area contributed by atoms with Crippen molar-refractivity contribution in [1.82, 2.24) is 29.5 Å². The van der Waals surface area contributed by atoms with Crippen LogP contribution in [0.2, 0.25) is 5.02 Å². The summed E-state index contributed by atoms with van der Waals surface area (Å²) in [4.78, 5) is 3.93. The van der Waals surface area contributed by atoms with Crippen LogP contribution in [-0.2, 0) is 13.1 Å². The summed E-state index contributed by atoms with van der Waals surface area (Å²) < 4.78 is 3.91. The van der Waals surface area contributed by atoms with Crippen LogP contribution in [-0.4, -0.2) is 35.3 Å². The van der Waals surface area contributed by atoms with Gasteiger partial charge in [0.1, 0.15) is 12.7 Å². The molecular weight excluding hydrogens is 320 g/mol. The first kappa shape index (κ1) is 15.1. The third-order valence-corrected chi connectivity index (χ3v) is 4.35. The fourth-order valence-corrected chi connectivity index (χ4v) is 3.13. The summed E-state index contributed by atoms with van der Waals surface area (Å²) in [6, 6.07) is 7.65. The predicted octanol–water partition coefficient (Wildman–Crippen LogP) is 3.00. The standard InChI is InChI=1S/C14H15ClN6S/c1-2-21-13(11-3-5-12(15)6-4-11)18-19-14(21)22-8-7-20-10-16-9-17-20/h3-6,9-10H,2,7-8H2,1H3. The molecule has 22 heavy (non-hydrogen) atoms. The second-order valence-electron chi connectivity index (χ2n) is 4.56. The minimum atomic E-state index is 0.716. The zero-order valence-corrected chi connectivity index (χ0v) is 13.6. The highest BCUT2D eigenvalue weighted by Crippen LogP contribution is 2.25. The summed E-state index contributed by atoms with van der Waals surface area (Å²) in [7, 11) is 0. The van der Waals surface area contributed by atoms with Gasteiger partial charge in [-0.2, -0.15) is 5.10 Å². The lowest BCUT2D eigenvalue weighted by Gasteiger charge is -2.07. The van der Waals surface area contributed by atoms with Crippen LogP contribution in [0.15, 0.2) is 42.1 Å². The highest BCUT2D eigenvalue weighted by Gasteiger charge is 2.13. The van der Waals surface area contributed by atoms with Crippen LogP contribution in [0.5, 0.6) is 0 Å². The fourth-order valence-electron chi connectivity index (χ4n) is 2.07. The number of aromatic nitrogens is 6. The van der Waals surface area contributed by atoms with E-state index in [-0.39, 0.29) is 0 Å². The lowest BCUT2D eigenvalue weighted by molar-refractivity contribution is 0.658. The van der Waals surface area contributed by atoms with Gasteiger partial charge in [0.15, 0.2) is 11.0 Å². The van der Waals surface area contributed by atoms with Crippen LogP contribution in [0, 0.1) is 0 Å². The van der Waals surface area contributed by atoms with E-state index in [4.69, 9.17) is 11.6 Å². The van der Waals surface area contributed by atoms with Crippen LogP contribution in [0.25, 0.3) is 11.4 Å². The third kappa shape index (κ3) is 3.31. The molecule has 0 aliphatic rings. The van der Waals surface area contributed by atoms with Gasteiger partial charge in [-0.15, -0.1) is 10.2 Å². The molecule has 114 valence electrons. The van der Waals surface area contributed by atoms with E-state index in [1.165, 1.54) is 6.33 Å². The van der Waals surface area contributed by atoms with Gasteiger partial charge in [-0.3, -0.25) is 4.68 Å². The molecule has 0 bridgehead atoms. The highest BCUT2D eigenvalue weighted by molar-refractivity contribution is 7.99. The van der Waals surface area contributed by atoms with E-state index in [9.17, 15) is 0 Å². The van der Waals surface area contributed by atoms with E-state index in [2.05, 4.69) is 31.8 Å². The van der Waals surface area contributed by atoms with Gasteiger partial charge in [0.25, 0.3) is 0 Å². The van der Waals surface area contributed by atoms with E-state index in [0.29, 0.717) is 5.02 Å². The van der Waals surface area contributed by atoms with Gasteiger partial charge >= 0.3 is 0 Å². The molecular formula is C14H15ClN6S. The first-order valence-corrected chi connectivity index (χ1v) is 8.28. The van der Waals surface area contributed by atoms with E-state index < -0.39 is 0 Å². The molecule has 1 aromatic carbocycles. The Bertz CT molecular complexity index is 722. The van der Waals surface area contributed by atoms with Gasteiger partial charge in [-0.1, -0.05) is 23.4 Å². The first-order chi connectivity index (χ1) is 10.8. The molecule has 0 aliphatic heterocycles. The molecule has 0 N–H and O–H groups in total. The molecule has 0 saturated heterocycles. The number of halogens is 1. The van der Waals surface area contributed by atoms with Crippen LogP contribution in [0.1, 0.15) is 6.92 Å². The lowest BCUT2D eigenvalue weighted by atomic mass is 10.2. The number of hydrogen-bond acceptors (Lipinski definition) is 5. The third-order valence-electron chi connectivity index (χ3n) is 3.15. The summed E-state index contributed by atoms with van der Waals surface area (Å²) in [5.41, 5.74) is 1.02. The van der Waals surface area contributed by atoms with Gasteiger partial charge in [-0.05, 0) is 31.2 Å². The van der Waals surface area contributed by atoms with Gasteiger partial charge in [0.2, 0.25) is 0 Å². The summed E-state index contributed by atoms with van der Waals surface area (Å²) >= 11 is 7.60. The number of thioether (sulfide) groups is 1. The SMILES string of the molecule is CCn1c(SCCn2cncn2)nnc1-c1ccc(Cl)cc1. The van der Waals surface area contributed by atoms with E-state index in [1.807, 2.05) is 24.3 Å². The Kier molecular flexibility index (Phi) is 4.74. The molecule has 2 heterocycles. The van der Waals surface area contributed by atoms with Crippen molar-refractivity contribution in [2.45, 2.75) is 25.2 Å². The molecule has 0 saturated carbocycles. The molecule has 0 spiro atoms. The Morgan fingerprint density at radius 1 is 1.18 bits per heavy atom. The van der Waals surface area contributed by atoms with Gasteiger partial charge < -0.3 is 4.57 Å². The zero-order valence-electron chi connectivity index (χ0n) is 12.1. The van der Waals surface area contributed by atoms with E-state index in [0.717, 1.165) is 35.4 Å². The fraction of sp³-hybridized carbons (Fsp3) is 0.286. The number of rotatable bonds is 6. The minimum absolute atomic E-state index is 0.716. The number of aryl methyl sites for hydroxylation is 1. The Morgan fingerprint density at radius 3 is 2.68 bits per heavy atom. The van der Waals surface area contributed by atoms with Gasteiger partial charge in [-0.25, -0.2) is 4.98 Å². The van der Waals surface area contributed by atoms with Crippen molar-refractivity contribution in [2.24, 2.45) is 0 Å². The molecule has 3 aromatic rings. The largest absolute Gasteiger partial charge is 0.302 e. The molecule has 0 unspecified atom stereocenters. The molecule has 0 radical (unpaired) electrons.